The van der Waals surface area contributed by atoms with Gasteiger partial charge in [-0.05, 0) is 23.6 Å². The number of ether oxygens (including phenoxy) is 1. The Morgan fingerprint density at radius 3 is 3.06 bits per heavy atom. The van der Waals surface area contributed by atoms with Gasteiger partial charge in [0, 0.05) is 6.42 Å². The van der Waals surface area contributed by atoms with Crippen LogP contribution < -0.4 is 16.0 Å². The molecule has 86 valence electrons. The average Bonchev–Trinajstić information content (AvgIpc) is 2.96. The van der Waals surface area contributed by atoms with Crippen LogP contribution in [0.2, 0.25) is 0 Å². The lowest BCUT2D eigenvalue weighted by Gasteiger charge is -2.14. The third kappa shape index (κ3) is 2.27. The second kappa shape index (κ2) is 5.16. The molecule has 0 amide bonds. The zero-order valence-corrected chi connectivity index (χ0v) is 9.79. The number of furan rings is 1. The van der Waals surface area contributed by atoms with E-state index >= 15 is 0 Å². The number of nitrogens with one attached hydrogen (secondary N) is 1. The monoisotopic (exact) mass is 238 g/mol. The molecule has 0 saturated heterocycles. The third-order valence-corrected chi connectivity index (χ3v) is 3.39. The predicted octanol–water partition coefficient (Wildman–Crippen LogP) is 2.10. The number of thiophene rings is 1. The van der Waals surface area contributed by atoms with Crippen molar-refractivity contribution in [3.8, 4) is 5.75 Å². The molecular weight excluding hydrogens is 224 g/mol. The topological polar surface area (TPSA) is 60.4 Å². The van der Waals surface area contributed by atoms with Crippen molar-refractivity contribution in [3.63, 3.8) is 0 Å². The fraction of sp³-hybridized carbons (Fsp3) is 0.273. The van der Waals surface area contributed by atoms with E-state index in [0.29, 0.717) is 6.42 Å². The highest BCUT2D eigenvalue weighted by Gasteiger charge is 2.17. The molecule has 0 aromatic carbocycles. The summed E-state index contributed by atoms with van der Waals surface area (Å²) in [6, 6.07) is 5.76. The summed E-state index contributed by atoms with van der Waals surface area (Å²) < 4.78 is 10.6. The van der Waals surface area contributed by atoms with Crippen LogP contribution in [0.5, 0.6) is 5.75 Å². The van der Waals surface area contributed by atoms with E-state index in [0.717, 1.165) is 16.4 Å². The number of hydrogen-bond acceptors (Lipinski definition) is 5. The second-order valence-corrected chi connectivity index (χ2v) is 4.30. The Labute approximate surface area is 98.0 Å². The normalized spacial score (nSPS) is 12.6. The SMILES string of the molecule is COc1ccsc1C(Cc1ccco1)NN. The predicted molar refractivity (Wildman–Crippen MR) is 63.3 cm³/mol. The molecule has 0 spiro atoms. The number of rotatable bonds is 5. The standard InChI is InChI=1S/C11H14N2O2S/c1-14-10-4-6-16-11(10)9(13-12)7-8-3-2-5-15-8/h2-6,9,13H,7,12H2,1H3. The van der Waals surface area contributed by atoms with Gasteiger partial charge in [-0.3, -0.25) is 11.3 Å². The molecule has 0 fully saturated rings. The minimum atomic E-state index is 0.0149. The lowest BCUT2D eigenvalue weighted by atomic mass is 10.1. The summed E-state index contributed by atoms with van der Waals surface area (Å²) in [5.41, 5.74) is 2.79. The smallest absolute Gasteiger partial charge is 0.134 e. The summed E-state index contributed by atoms with van der Waals surface area (Å²) in [5, 5.41) is 1.99. The zero-order chi connectivity index (χ0) is 11.4. The molecule has 0 aliphatic carbocycles. The van der Waals surface area contributed by atoms with Gasteiger partial charge in [-0.15, -0.1) is 11.3 Å². The molecule has 1 atom stereocenters. The Morgan fingerprint density at radius 1 is 1.56 bits per heavy atom. The summed E-state index contributed by atoms with van der Waals surface area (Å²) in [6.45, 7) is 0. The van der Waals surface area contributed by atoms with Crippen molar-refractivity contribution in [1.29, 1.82) is 0 Å². The minimum absolute atomic E-state index is 0.0149. The van der Waals surface area contributed by atoms with E-state index in [1.165, 1.54) is 0 Å². The van der Waals surface area contributed by atoms with Crippen LogP contribution in [-0.4, -0.2) is 7.11 Å². The van der Waals surface area contributed by atoms with Crippen molar-refractivity contribution in [2.45, 2.75) is 12.5 Å². The van der Waals surface area contributed by atoms with Gasteiger partial charge >= 0.3 is 0 Å². The van der Waals surface area contributed by atoms with Crippen molar-refractivity contribution < 1.29 is 9.15 Å². The van der Waals surface area contributed by atoms with Crippen LogP contribution in [0.15, 0.2) is 34.3 Å². The van der Waals surface area contributed by atoms with Crippen LogP contribution in [0.1, 0.15) is 16.7 Å². The van der Waals surface area contributed by atoms with E-state index in [1.54, 1.807) is 24.7 Å². The van der Waals surface area contributed by atoms with Crippen LogP contribution in [0.4, 0.5) is 0 Å². The number of methoxy groups -OCH3 is 1. The van der Waals surface area contributed by atoms with Gasteiger partial charge in [0.25, 0.3) is 0 Å². The van der Waals surface area contributed by atoms with Gasteiger partial charge in [0.15, 0.2) is 0 Å². The average molecular weight is 238 g/mol. The zero-order valence-electron chi connectivity index (χ0n) is 8.97. The Balaban J connectivity index is 2.16. The molecule has 0 bridgehead atoms. The molecule has 2 aromatic heterocycles. The van der Waals surface area contributed by atoms with Crippen LogP contribution in [-0.2, 0) is 6.42 Å². The van der Waals surface area contributed by atoms with Crippen molar-refractivity contribution in [1.82, 2.24) is 5.43 Å². The molecule has 0 radical (unpaired) electrons. The molecule has 3 N–H and O–H groups in total. The fourth-order valence-corrected chi connectivity index (χ4v) is 2.51. The van der Waals surface area contributed by atoms with Crippen LogP contribution in [0, 0.1) is 0 Å². The molecule has 0 saturated carbocycles. The second-order valence-electron chi connectivity index (χ2n) is 3.36. The van der Waals surface area contributed by atoms with Gasteiger partial charge in [0.2, 0.25) is 0 Å². The van der Waals surface area contributed by atoms with Gasteiger partial charge in [0.05, 0.1) is 24.3 Å². The highest BCUT2D eigenvalue weighted by atomic mass is 32.1. The Bertz CT molecular complexity index is 425. The van der Waals surface area contributed by atoms with E-state index in [1.807, 2.05) is 23.6 Å². The van der Waals surface area contributed by atoms with Crippen molar-refractivity contribution in [2.24, 2.45) is 5.84 Å². The molecule has 4 nitrogen and oxygen atoms in total. The first-order valence-electron chi connectivity index (χ1n) is 4.95. The van der Waals surface area contributed by atoms with E-state index in [9.17, 15) is 0 Å². The minimum Gasteiger partial charge on any atom is -0.496 e. The van der Waals surface area contributed by atoms with Gasteiger partial charge in [-0.2, -0.15) is 0 Å². The molecule has 1 unspecified atom stereocenters. The van der Waals surface area contributed by atoms with Gasteiger partial charge in [-0.1, -0.05) is 0 Å². The number of hydrazine groups is 1. The van der Waals surface area contributed by atoms with Crippen LogP contribution >= 0.6 is 11.3 Å². The maximum atomic E-state index is 5.56. The summed E-state index contributed by atoms with van der Waals surface area (Å²) in [4.78, 5) is 1.08. The fourth-order valence-electron chi connectivity index (χ4n) is 1.59. The van der Waals surface area contributed by atoms with Crippen LogP contribution in [0.25, 0.3) is 0 Å². The molecule has 2 heterocycles. The van der Waals surface area contributed by atoms with Gasteiger partial charge < -0.3 is 9.15 Å². The van der Waals surface area contributed by atoms with Crippen molar-refractivity contribution in [2.75, 3.05) is 7.11 Å². The summed E-state index contributed by atoms with van der Waals surface area (Å²) in [5.74, 6) is 7.33. The Kier molecular flexibility index (Phi) is 3.61. The Morgan fingerprint density at radius 2 is 2.44 bits per heavy atom. The molecule has 0 aliphatic rings. The largest absolute Gasteiger partial charge is 0.496 e. The summed E-state index contributed by atoms with van der Waals surface area (Å²) >= 11 is 1.62. The van der Waals surface area contributed by atoms with E-state index in [2.05, 4.69) is 5.43 Å². The van der Waals surface area contributed by atoms with Gasteiger partial charge in [-0.25, -0.2) is 0 Å². The summed E-state index contributed by atoms with van der Waals surface area (Å²) in [6.07, 6.45) is 2.37. The highest BCUT2D eigenvalue weighted by molar-refractivity contribution is 7.10. The molecule has 0 aliphatic heterocycles. The first-order chi connectivity index (χ1) is 7.85. The lowest BCUT2D eigenvalue weighted by Crippen LogP contribution is -2.29. The van der Waals surface area contributed by atoms with Crippen molar-refractivity contribution in [3.05, 3.63) is 40.5 Å². The Hall–Kier alpha value is -1.30. The van der Waals surface area contributed by atoms with E-state index < -0.39 is 0 Å². The number of nitrogens with two attached hydrogens (primary N) is 1. The maximum Gasteiger partial charge on any atom is 0.134 e. The van der Waals surface area contributed by atoms with Crippen LogP contribution in [0.3, 0.4) is 0 Å². The number of hydrogen-bond donors (Lipinski definition) is 2. The lowest BCUT2D eigenvalue weighted by molar-refractivity contribution is 0.397. The molecule has 2 rings (SSSR count). The summed E-state index contributed by atoms with van der Waals surface area (Å²) in [7, 11) is 1.66. The van der Waals surface area contributed by atoms with E-state index in [-0.39, 0.29) is 6.04 Å². The van der Waals surface area contributed by atoms with Crippen molar-refractivity contribution >= 4 is 11.3 Å². The van der Waals surface area contributed by atoms with E-state index in [4.69, 9.17) is 15.0 Å². The highest BCUT2D eigenvalue weighted by Crippen LogP contribution is 2.32. The molecule has 16 heavy (non-hydrogen) atoms. The quantitative estimate of drug-likeness (QED) is 0.618. The first-order valence-corrected chi connectivity index (χ1v) is 5.83. The maximum absolute atomic E-state index is 5.56. The van der Waals surface area contributed by atoms with Gasteiger partial charge in [0.1, 0.15) is 11.5 Å². The molecular formula is C11H14N2O2S. The first kappa shape index (κ1) is 11.2. The third-order valence-electron chi connectivity index (χ3n) is 2.38. The molecule has 2 aromatic rings. The molecule has 5 heteroatoms.